The first-order chi connectivity index (χ1) is 13.2. The lowest BCUT2D eigenvalue weighted by Gasteiger charge is -2.11. The predicted molar refractivity (Wildman–Crippen MR) is 107 cm³/mol. The maximum atomic E-state index is 5.65. The Morgan fingerprint density at radius 1 is 1.07 bits per heavy atom. The van der Waals surface area contributed by atoms with Gasteiger partial charge in [-0.25, -0.2) is 9.67 Å². The molecule has 2 heterocycles. The molecule has 27 heavy (non-hydrogen) atoms. The summed E-state index contributed by atoms with van der Waals surface area (Å²) in [6, 6.07) is 19.5. The van der Waals surface area contributed by atoms with Crippen LogP contribution in [0.15, 0.2) is 65.1 Å². The van der Waals surface area contributed by atoms with Gasteiger partial charge in [0.05, 0.1) is 17.8 Å². The topological polar surface area (TPSA) is 65.1 Å². The summed E-state index contributed by atoms with van der Waals surface area (Å²) in [5, 5.41) is 8.80. The number of nitrogens with zero attached hydrogens (tertiary/aromatic N) is 3. The highest BCUT2D eigenvalue weighted by atomic mass is 32.1. The lowest BCUT2D eigenvalue weighted by Crippen LogP contribution is -2.10. The van der Waals surface area contributed by atoms with Crippen LogP contribution in [0.4, 0.5) is 5.69 Å². The zero-order valence-electron chi connectivity index (χ0n) is 14.8. The second kappa shape index (κ2) is 7.59. The van der Waals surface area contributed by atoms with Gasteiger partial charge in [0.1, 0.15) is 18.1 Å². The normalized spacial score (nSPS) is 10.9. The predicted octanol–water partition coefficient (Wildman–Crippen LogP) is 4.89. The van der Waals surface area contributed by atoms with Crippen molar-refractivity contribution in [3.63, 3.8) is 0 Å². The zero-order chi connectivity index (χ0) is 18.6. The van der Waals surface area contributed by atoms with Crippen LogP contribution in [0.5, 0.6) is 5.75 Å². The van der Waals surface area contributed by atoms with Gasteiger partial charge in [0.15, 0.2) is 0 Å². The molecule has 0 atom stereocenters. The molecule has 7 heteroatoms. The molecule has 0 bridgehead atoms. The molecule has 0 radical (unpaired) electrons. The zero-order valence-corrected chi connectivity index (χ0v) is 15.6. The Labute approximate surface area is 161 Å². The van der Waals surface area contributed by atoms with Crippen LogP contribution in [-0.2, 0) is 6.67 Å². The van der Waals surface area contributed by atoms with Gasteiger partial charge in [-0.15, -0.1) is 5.10 Å². The number of hydrogen-bond acceptors (Lipinski definition) is 6. The number of para-hydroxylation sites is 3. The molecule has 0 amide bonds. The molecule has 0 saturated carbocycles. The fourth-order valence-corrected chi connectivity index (χ4v) is 2.93. The molecule has 136 valence electrons. The van der Waals surface area contributed by atoms with Crippen LogP contribution < -0.4 is 10.1 Å². The van der Waals surface area contributed by atoms with Crippen molar-refractivity contribution in [1.29, 1.82) is 0 Å². The summed E-state index contributed by atoms with van der Waals surface area (Å²) in [4.78, 5) is 4.88. The summed E-state index contributed by atoms with van der Waals surface area (Å²) >= 11 is 5.30. The van der Waals surface area contributed by atoms with Gasteiger partial charge in [-0.3, -0.25) is 0 Å². The molecule has 2 aromatic carbocycles. The molecular formula is C20H18N4O2S. The van der Waals surface area contributed by atoms with Gasteiger partial charge in [-0.2, -0.15) is 0 Å². The Balaban J connectivity index is 1.57. The van der Waals surface area contributed by atoms with Crippen molar-refractivity contribution in [3.8, 4) is 17.3 Å². The number of anilines is 1. The van der Waals surface area contributed by atoms with Gasteiger partial charge in [-0.1, -0.05) is 36.4 Å². The average molecular weight is 378 g/mol. The second-order valence-electron chi connectivity index (χ2n) is 5.83. The van der Waals surface area contributed by atoms with Crippen LogP contribution in [0.2, 0.25) is 0 Å². The molecule has 0 fully saturated rings. The summed E-state index contributed by atoms with van der Waals surface area (Å²) in [7, 11) is 0. The first-order valence-corrected chi connectivity index (χ1v) is 9.05. The minimum Gasteiger partial charge on any atom is -0.492 e. The standard InChI is InChI=1S/C20H18N4O2S/c1-2-25-18-10-6-5-9-16(18)21-13-24-20(27)26-19(23-24)17-12-11-14-7-3-4-8-15(14)22-17/h3-12,21H,2,13H2,1H3. The Kier molecular flexibility index (Phi) is 4.84. The van der Waals surface area contributed by atoms with E-state index < -0.39 is 0 Å². The van der Waals surface area contributed by atoms with Gasteiger partial charge in [0.25, 0.3) is 10.7 Å². The third-order valence-corrected chi connectivity index (χ3v) is 4.32. The van der Waals surface area contributed by atoms with Crippen molar-refractivity contribution in [1.82, 2.24) is 14.8 Å². The molecule has 1 N–H and O–H groups in total. The van der Waals surface area contributed by atoms with Gasteiger partial charge in [0.2, 0.25) is 0 Å². The van der Waals surface area contributed by atoms with E-state index in [1.54, 1.807) is 4.68 Å². The summed E-state index contributed by atoms with van der Waals surface area (Å²) in [6.07, 6.45) is 0. The number of fused-ring (bicyclic) bond motifs is 1. The third kappa shape index (κ3) is 3.68. The first kappa shape index (κ1) is 17.2. The van der Waals surface area contributed by atoms with Crippen molar-refractivity contribution >= 4 is 28.8 Å². The molecule has 4 rings (SSSR count). The summed E-state index contributed by atoms with van der Waals surface area (Å²) in [5.41, 5.74) is 2.40. The van der Waals surface area contributed by atoms with E-state index in [1.165, 1.54) is 0 Å². The van der Waals surface area contributed by atoms with E-state index in [0.29, 0.717) is 24.9 Å². The molecular weight excluding hydrogens is 360 g/mol. The second-order valence-corrected chi connectivity index (χ2v) is 6.18. The highest BCUT2D eigenvalue weighted by Crippen LogP contribution is 2.24. The fourth-order valence-electron chi connectivity index (χ4n) is 2.75. The van der Waals surface area contributed by atoms with Crippen LogP contribution in [-0.4, -0.2) is 21.4 Å². The maximum absolute atomic E-state index is 5.65. The van der Waals surface area contributed by atoms with Gasteiger partial charge in [0, 0.05) is 5.39 Å². The molecule has 2 aromatic heterocycles. The van der Waals surface area contributed by atoms with Crippen LogP contribution in [0.3, 0.4) is 0 Å². The highest BCUT2D eigenvalue weighted by Gasteiger charge is 2.11. The Hall–Kier alpha value is -3.19. The molecule has 0 unspecified atom stereocenters. The van der Waals surface area contributed by atoms with E-state index in [-0.39, 0.29) is 4.84 Å². The molecule has 0 aliphatic rings. The van der Waals surface area contributed by atoms with Crippen LogP contribution >= 0.6 is 12.2 Å². The van der Waals surface area contributed by atoms with Crippen LogP contribution in [0, 0.1) is 4.84 Å². The van der Waals surface area contributed by atoms with Crippen LogP contribution in [0.25, 0.3) is 22.5 Å². The maximum Gasteiger partial charge on any atom is 0.289 e. The van der Waals surface area contributed by atoms with E-state index in [4.69, 9.17) is 21.4 Å². The monoisotopic (exact) mass is 378 g/mol. The first-order valence-electron chi connectivity index (χ1n) is 8.64. The minimum absolute atomic E-state index is 0.279. The molecule has 0 aliphatic carbocycles. The average Bonchev–Trinajstić information content (AvgIpc) is 3.08. The van der Waals surface area contributed by atoms with E-state index in [9.17, 15) is 0 Å². The SMILES string of the molecule is CCOc1ccccc1NCn1nc(-c2ccc3ccccc3n2)oc1=S. The van der Waals surface area contributed by atoms with Crippen molar-refractivity contribution in [2.24, 2.45) is 0 Å². The molecule has 0 saturated heterocycles. The lowest BCUT2D eigenvalue weighted by molar-refractivity contribution is 0.341. The number of rotatable bonds is 6. The summed E-state index contributed by atoms with van der Waals surface area (Å²) < 4.78 is 12.9. The Morgan fingerprint density at radius 3 is 2.78 bits per heavy atom. The van der Waals surface area contributed by atoms with E-state index in [2.05, 4.69) is 15.4 Å². The number of pyridine rings is 1. The molecule has 0 spiro atoms. The summed E-state index contributed by atoms with van der Waals surface area (Å²) in [6.45, 7) is 2.91. The smallest absolute Gasteiger partial charge is 0.289 e. The number of aromatic nitrogens is 3. The number of hydrogen-bond donors (Lipinski definition) is 1. The Bertz CT molecular complexity index is 1140. The van der Waals surface area contributed by atoms with E-state index in [1.807, 2.05) is 67.6 Å². The van der Waals surface area contributed by atoms with Crippen LogP contribution in [0.1, 0.15) is 6.92 Å². The Morgan fingerprint density at radius 2 is 1.89 bits per heavy atom. The van der Waals surface area contributed by atoms with E-state index >= 15 is 0 Å². The van der Waals surface area contributed by atoms with Gasteiger partial charge in [-0.05, 0) is 43.4 Å². The van der Waals surface area contributed by atoms with E-state index in [0.717, 1.165) is 22.3 Å². The van der Waals surface area contributed by atoms with Crippen molar-refractivity contribution in [2.75, 3.05) is 11.9 Å². The number of ether oxygens (including phenoxy) is 1. The summed E-state index contributed by atoms with van der Waals surface area (Å²) in [5.74, 6) is 1.18. The lowest BCUT2D eigenvalue weighted by atomic mass is 10.2. The van der Waals surface area contributed by atoms with Crippen molar-refractivity contribution in [3.05, 3.63) is 65.5 Å². The molecule has 4 aromatic rings. The highest BCUT2D eigenvalue weighted by molar-refractivity contribution is 7.71. The largest absolute Gasteiger partial charge is 0.492 e. The van der Waals surface area contributed by atoms with Crippen molar-refractivity contribution < 1.29 is 9.15 Å². The number of benzene rings is 2. The fraction of sp³-hybridized carbons (Fsp3) is 0.150. The molecule has 0 aliphatic heterocycles. The van der Waals surface area contributed by atoms with Gasteiger partial charge < -0.3 is 14.5 Å². The quantitative estimate of drug-likeness (QED) is 0.482. The molecule has 6 nitrogen and oxygen atoms in total. The third-order valence-electron chi connectivity index (χ3n) is 4.03. The minimum atomic E-state index is 0.279. The van der Waals surface area contributed by atoms with Crippen molar-refractivity contribution in [2.45, 2.75) is 13.6 Å². The van der Waals surface area contributed by atoms with Gasteiger partial charge >= 0.3 is 0 Å². The number of nitrogens with one attached hydrogen (secondary N) is 1.